The van der Waals surface area contributed by atoms with Crippen LogP contribution in [0.4, 0.5) is 26.3 Å². The maximum absolute atomic E-state index is 13.6. The van der Waals surface area contributed by atoms with Crippen LogP contribution in [0.1, 0.15) is 11.1 Å². The van der Waals surface area contributed by atoms with Crippen molar-refractivity contribution in [2.24, 2.45) is 11.1 Å². The van der Waals surface area contributed by atoms with Crippen LogP contribution >= 0.6 is 12.2 Å². The first-order chi connectivity index (χ1) is 14.8. The van der Waals surface area contributed by atoms with E-state index in [4.69, 9.17) is 18.0 Å². The molecule has 0 amide bonds. The van der Waals surface area contributed by atoms with Crippen molar-refractivity contribution in [3.05, 3.63) is 59.8 Å². The molecule has 0 fully saturated rings. The largest absolute Gasteiger partial charge is 0.407 e. The number of nitrogens with two attached hydrogens (primary N) is 1. The predicted molar refractivity (Wildman–Crippen MR) is 111 cm³/mol. The van der Waals surface area contributed by atoms with Gasteiger partial charge in [-0.3, -0.25) is 0 Å². The van der Waals surface area contributed by atoms with Gasteiger partial charge >= 0.3 is 12.4 Å². The molecule has 3 aromatic rings. The molecule has 3 rings (SSSR count). The minimum Gasteiger partial charge on any atom is -0.395 e. The number of halogens is 6. The third-order valence-electron chi connectivity index (χ3n) is 5.38. The zero-order valence-electron chi connectivity index (χ0n) is 16.3. The summed E-state index contributed by atoms with van der Waals surface area (Å²) in [5.74, 6) is 0. The second-order valence-electron chi connectivity index (χ2n) is 7.36. The lowest BCUT2D eigenvalue weighted by molar-refractivity contribution is -0.353. The molecule has 0 atom stereocenters. The highest BCUT2D eigenvalue weighted by Gasteiger charge is 2.70. The summed E-state index contributed by atoms with van der Waals surface area (Å²) < 4.78 is 82.5. The minimum atomic E-state index is -5.77. The number of hydrogen-bond donors (Lipinski definition) is 3. The number of hydrogen-bond acceptors (Lipinski definition) is 3. The van der Waals surface area contributed by atoms with E-state index in [0.29, 0.717) is 27.6 Å². The molecule has 0 aliphatic heterocycles. The van der Waals surface area contributed by atoms with E-state index in [1.165, 1.54) is 18.2 Å². The van der Waals surface area contributed by atoms with Gasteiger partial charge in [-0.05, 0) is 23.3 Å². The van der Waals surface area contributed by atoms with Crippen molar-refractivity contribution >= 4 is 28.1 Å². The lowest BCUT2D eigenvalue weighted by atomic mass is 9.87. The Bertz CT molecular complexity index is 1140. The van der Waals surface area contributed by atoms with Gasteiger partial charge in [-0.1, -0.05) is 42.5 Å². The average molecular weight is 476 g/mol. The van der Waals surface area contributed by atoms with Gasteiger partial charge in [0, 0.05) is 34.8 Å². The summed E-state index contributed by atoms with van der Waals surface area (Å²) in [6, 6.07) is 10.8. The van der Waals surface area contributed by atoms with Gasteiger partial charge in [0.1, 0.15) is 4.99 Å². The molecular weight excluding hydrogens is 458 g/mol. The summed E-state index contributed by atoms with van der Waals surface area (Å²) in [7, 11) is 0. The van der Waals surface area contributed by atoms with E-state index >= 15 is 0 Å². The second kappa shape index (κ2) is 8.38. The predicted octanol–water partition coefficient (Wildman–Crippen LogP) is 4.54. The molecule has 1 heterocycles. The molecule has 0 saturated heterocycles. The van der Waals surface area contributed by atoms with E-state index in [1.807, 2.05) is 0 Å². The van der Waals surface area contributed by atoms with Gasteiger partial charge in [-0.2, -0.15) is 26.3 Å². The Morgan fingerprint density at radius 2 is 1.62 bits per heavy atom. The standard InChI is InChI=1S/C21H18F6N2O2S/c22-20(23,24)19(11-31,21(25,26)27)10-29-8-16(13-2-1-3-14(7-13)18(28)32)15-5-4-12(9-30)6-17(15)29/h1-8,30-31H,9-11H2,(H2,28,32). The Labute approximate surface area is 183 Å². The summed E-state index contributed by atoms with van der Waals surface area (Å²) in [5.41, 5.74) is 2.89. The third kappa shape index (κ3) is 4.07. The van der Waals surface area contributed by atoms with Gasteiger partial charge in [0.15, 0.2) is 0 Å². The van der Waals surface area contributed by atoms with Crippen LogP contribution in [0.15, 0.2) is 48.7 Å². The van der Waals surface area contributed by atoms with Gasteiger partial charge in [0.05, 0.1) is 13.2 Å². The number of benzene rings is 2. The van der Waals surface area contributed by atoms with Crippen LogP contribution in [-0.4, -0.2) is 38.7 Å². The zero-order valence-corrected chi connectivity index (χ0v) is 17.2. The molecule has 11 heteroatoms. The molecule has 0 aliphatic rings. The van der Waals surface area contributed by atoms with Crippen LogP contribution in [0.2, 0.25) is 0 Å². The van der Waals surface area contributed by atoms with Gasteiger partial charge in [0.25, 0.3) is 0 Å². The molecule has 4 N–H and O–H groups in total. The Hall–Kier alpha value is -2.63. The molecule has 0 bridgehead atoms. The Kier molecular flexibility index (Phi) is 6.29. The van der Waals surface area contributed by atoms with Crippen LogP contribution in [-0.2, 0) is 13.2 Å². The van der Waals surface area contributed by atoms with Crippen LogP contribution in [0, 0.1) is 5.41 Å². The molecule has 0 spiro atoms. The molecule has 2 aromatic carbocycles. The van der Waals surface area contributed by atoms with Crippen molar-refractivity contribution in [3.63, 3.8) is 0 Å². The number of fused-ring (bicyclic) bond motifs is 1. The molecule has 1 aromatic heterocycles. The van der Waals surface area contributed by atoms with Crippen LogP contribution < -0.4 is 5.73 Å². The normalized spacial score (nSPS) is 13.0. The van der Waals surface area contributed by atoms with E-state index in [1.54, 1.807) is 24.3 Å². The molecule has 0 saturated carbocycles. The Balaban J connectivity index is 2.28. The molecule has 0 aliphatic carbocycles. The molecule has 0 unspecified atom stereocenters. The van der Waals surface area contributed by atoms with E-state index in [2.05, 4.69) is 0 Å². The van der Waals surface area contributed by atoms with Crippen molar-refractivity contribution in [2.45, 2.75) is 25.5 Å². The van der Waals surface area contributed by atoms with Crippen molar-refractivity contribution in [2.75, 3.05) is 6.61 Å². The Morgan fingerprint density at radius 3 is 2.16 bits per heavy atom. The summed E-state index contributed by atoms with van der Waals surface area (Å²) >= 11 is 4.94. The van der Waals surface area contributed by atoms with Crippen LogP contribution in [0.25, 0.3) is 22.0 Å². The SMILES string of the molecule is NC(=S)c1cccc(-c2cn(CC(CO)(C(F)(F)F)C(F)(F)F)c3cc(CO)ccc23)c1. The molecule has 4 nitrogen and oxygen atoms in total. The first kappa shape index (κ1) is 24.0. The average Bonchev–Trinajstić information content (AvgIpc) is 3.07. The molecule has 0 radical (unpaired) electrons. The highest BCUT2D eigenvalue weighted by molar-refractivity contribution is 7.80. The van der Waals surface area contributed by atoms with E-state index < -0.39 is 37.5 Å². The first-order valence-electron chi connectivity index (χ1n) is 9.22. The maximum atomic E-state index is 13.6. The third-order valence-corrected chi connectivity index (χ3v) is 5.62. The highest BCUT2D eigenvalue weighted by atomic mass is 32.1. The van der Waals surface area contributed by atoms with Gasteiger partial charge in [0.2, 0.25) is 5.41 Å². The summed E-state index contributed by atoms with van der Waals surface area (Å²) in [6.07, 6.45) is -10.4. The van der Waals surface area contributed by atoms with Gasteiger partial charge in [-0.15, -0.1) is 0 Å². The van der Waals surface area contributed by atoms with E-state index in [-0.39, 0.29) is 10.5 Å². The number of thiocarbonyl (C=S) groups is 1. The number of nitrogens with zero attached hydrogens (tertiary/aromatic N) is 1. The topological polar surface area (TPSA) is 71.4 Å². The summed E-state index contributed by atoms with van der Waals surface area (Å²) in [4.78, 5) is 0.0756. The highest BCUT2D eigenvalue weighted by Crippen LogP contribution is 2.51. The quantitative estimate of drug-likeness (QED) is 0.361. The molecular formula is C21H18F6N2O2S. The molecule has 32 heavy (non-hydrogen) atoms. The smallest absolute Gasteiger partial charge is 0.395 e. The Morgan fingerprint density at radius 1 is 0.969 bits per heavy atom. The number of alkyl halides is 6. The van der Waals surface area contributed by atoms with E-state index in [0.717, 1.165) is 10.8 Å². The first-order valence-corrected chi connectivity index (χ1v) is 9.62. The number of aromatic nitrogens is 1. The van der Waals surface area contributed by atoms with Crippen molar-refractivity contribution in [1.29, 1.82) is 0 Å². The summed E-state index contributed by atoms with van der Waals surface area (Å²) in [6.45, 7) is -4.24. The van der Waals surface area contributed by atoms with Crippen LogP contribution in [0.3, 0.4) is 0 Å². The number of aliphatic hydroxyl groups excluding tert-OH is 2. The van der Waals surface area contributed by atoms with Crippen molar-refractivity contribution in [1.82, 2.24) is 4.57 Å². The van der Waals surface area contributed by atoms with Crippen molar-refractivity contribution in [3.8, 4) is 11.1 Å². The number of rotatable bonds is 6. The minimum absolute atomic E-state index is 0.0404. The zero-order chi connectivity index (χ0) is 23.9. The van der Waals surface area contributed by atoms with E-state index in [9.17, 15) is 36.6 Å². The monoisotopic (exact) mass is 476 g/mol. The second-order valence-corrected chi connectivity index (χ2v) is 7.80. The fraction of sp³-hybridized carbons (Fsp3) is 0.286. The fourth-order valence-electron chi connectivity index (χ4n) is 3.50. The van der Waals surface area contributed by atoms with Crippen LogP contribution in [0.5, 0.6) is 0 Å². The number of aliphatic hydroxyl groups is 2. The van der Waals surface area contributed by atoms with Gasteiger partial charge in [-0.25, -0.2) is 0 Å². The molecule has 172 valence electrons. The summed E-state index contributed by atoms with van der Waals surface area (Å²) in [5, 5.41) is 19.1. The lowest BCUT2D eigenvalue weighted by Crippen LogP contribution is -2.55. The maximum Gasteiger partial charge on any atom is 0.407 e. The van der Waals surface area contributed by atoms with Crippen molar-refractivity contribution < 1.29 is 36.6 Å². The van der Waals surface area contributed by atoms with Gasteiger partial charge < -0.3 is 20.5 Å². The fourth-order valence-corrected chi connectivity index (χ4v) is 3.62. The lowest BCUT2D eigenvalue weighted by Gasteiger charge is -2.36.